The lowest BCUT2D eigenvalue weighted by Crippen LogP contribution is -2.24. The van der Waals surface area contributed by atoms with Gasteiger partial charge in [-0.05, 0) is 64.0 Å². The van der Waals surface area contributed by atoms with E-state index in [1.54, 1.807) is 18.4 Å². The quantitative estimate of drug-likeness (QED) is 0.771. The van der Waals surface area contributed by atoms with Crippen LogP contribution in [0.2, 0.25) is 0 Å². The molecule has 2 aromatic rings. The van der Waals surface area contributed by atoms with Crippen molar-refractivity contribution >= 4 is 27.3 Å². The molecule has 1 heterocycles. The van der Waals surface area contributed by atoms with Gasteiger partial charge in [-0.1, -0.05) is 19.1 Å². The molecule has 0 saturated carbocycles. The van der Waals surface area contributed by atoms with Gasteiger partial charge >= 0.3 is 0 Å². The Kier molecular flexibility index (Phi) is 6.07. The maximum atomic E-state index is 5.21. The van der Waals surface area contributed by atoms with Crippen molar-refractivity contribution in [1.82, 2.24) is 5.32 Å². The molecule has 0 aliphatic rings. The zero-order valence-electron chi connectivity index (χ0n) is 11.9. The number of thiophene rings is 1. The Morgan fingerprint density at radius 3 is 2.55 bits per heavy atom. The molecule has 0 fully saturated rings. The van der Waals surface area contributed by atoms with Crippen LogP contribution in [0.1, 0.15) is 30.5 Å². The van der Waals surface area contributed by atoms with Crippen LogP contribution < -0.4 is 10.1 Å². The molecule has 0 saturated heterocycles. The molecule has 0 aliphatic heterocycles. The van der Waals surface area contributed by atoms with E-state index in [1.807, 2.05) is 12.1 Å². The minimum absolute atomic E-state index is 0.351. The van der Waals surface area contributed by atoms with Crippen molar-refractivity contribution in [2.45, 2.75) is 25.8 Å². The van der Waals surface area contributed by atoms with Gasteiger partial charge in [-0.3, -0.25) is 0 Å². The van der Waals surface area contributed by atoms with Crippen LogP contribution in [0.25, 0.3) is 0 Å². The first-order valence-corrected chi connectivity index (χ1v) is 8.56. The van der Waals surface area contributed by atoms with Crippen LogP contribution in [0.4, 0.5) is 0 Å². The molecule has 0 radical (unpaired) electrons. The molecule has 0 spiro atoms. The van der Waals surface area contributed by atoms with Gasteiger partial charge in [-0.15, -0.1) is 0 Å². The molecular weight excluding hydrogens is 334 g/mol. The summed E-state index contributed by atoms with van der Waals surface area (Å²) < 4.78 is 6.41. The first-order valence-electron chi connectivity index (χ1n) is 6.82. The number of hydrogen-bond donors (Lipinski definition) is 1. The minimum Gasteiger partial charge on any atom is -0.497 e. The van der Waals surface area contributed by atoms with E-state index in [0.29, 0.717) is 6.04 Å². The third-order valence-electron chi connectivity index (χ3n) is 3.26. The van der Waals surface area contributed by atoms with Crippen LogP contribution in [0, 0.1) is 0 Å². The molecule has 1 unspecified atom stereocenters. The molecule has 1 aromatic carbocycles. The largest absolute Gasteiger partial charge is 0.497 e. The van der Waals surface area contributed by atoms with E-state index in [2.05, 4.69) is 51.1 Å². The summed E-state index contributed by atoms with van der Waals surface area (Å²) >= 11 is 5.38. The average Bonchev–Trinajstić information content (AvgIpc) is 2.90. The molecule has 1 N–H and O–H groups in total. The summed E-state index contributed by atoms with van der Waals surface area (Å²) in [4.78, 5) is 0. The first-order chi connectivity index (χ1) is 9.74. The van der Waals surface area contributed by atoms with Gasteiger partial charge in [-0.25, -0.2) is 0 Å². The zero-order chi connectivity index (χ0) is 14.4. The summed E-state index contributed by atoms with van der Waals surface area (Å²) in [5.74, 6) is 0.906. The highest BCUT2D eigenvalue weighted by atomic mass is 79.9. The van der Waals surface area contributed by atoms with Gasteiger partial charge in [0.1, 0.15) is 5.75 Å². The number of ether oxygens (including phenoxy) is 1. The molecule has 4 heteroatoms. The number of hydrogen-bond acceptors (Lipinski definition) is 3. The van der Waals surface area contributed by atoms with Crippen molar-refractivity contribution in [1.29, 1.82) is 0 Å². The third-order valence-corrected chi connectivity index (χ3v) is 5.01. The van der Waals surface area contributed by atoms with Crippen LogP contribution in [-0.2, 0) is 6.42 Å². The molecule has 0 amide bonds. The van der Waals surface area contributed by atoms with Gasteiger partial charge in [0.05, 0.1) is 7.11 Å². The smallest absolute Gasteiger partial charge is 0.118 e. The molecule has 0 aliphatic carbocycles. The summed E-state index contributed by atoms with van der Waals surface area (Å²) in [6.45, 7) is 3.23. The summed E-state index contributed by atoms with van der Waals surface area (Å²) in [6.07, 6.45) is 2.13. The highest BCUT2D eigenvalue weighted by molar-refractivity contribution is 9.10. The predicted molar refractivity (Wildman–Crippen MR) is 89.8 cm³/mol. The van der Waals surface area contributed by atoms with E-state index >= 15 is 0 Å². The Morgan fingerprint density at radius 1 is 1.25 bits per heavy atom. The van der Waals surface area contributed by atoms with Crippen LogP contribution in [0.3, 0.4) is 0 Å². The van der Waals surface area contributed by atoms with E-state index < -0.39 is 0 Å². The van der Waals surface area contributed by atoms with Gasteiger partial charge in [-0.2, -0.15) is 11.3 Å². The van der Waals surface area contributed by atoms with Crippen molar-refractivity contribution in [2.24, 2.45) is 0 Å². The molecular formula is C16H20BrNOS. The second-order valence-corrected chi connectivity index (χ2v) is 6.33. The van der Waals surface area contributed by atoms with Crippen LogP contribution in [-0.4, -0.2) is 13.7 Å². The Morgan fingerprint density at radius 2 is 2.00 bits per heavy atom. The highest BCUT2D eigenvalue weighted by Gasteiger charge is 2.15. The average molecular weight is 354 g/mol. The van der Waals surface area contributed by atoms with Gasteiger partial charge in [0.25, 0.3) is 0 Å². The summed E-state index contributed by atoms with van der Waals surface area (Å²) in [5, 5.41) is 8.00. The van der Waals surface area contributed by atoms with E-state index in [9.17, 15) is 0 Å². The summed E-state index contributed by atoms with van der Waals surface area (Å²) in [5.41, 5.74) is 2.66. The van der Waals surface area contributed by atoms with E-state index in [1.165, 1.54) is 15.6 Å². The van der Waals surface area contributed by atoms with Crippen LogP contribution >= 0.6 is 27.3 Å². The highest BCUT2D eigenvalue weighted by Crippen LogP contribution is 2.30. The van der Waals surface area contributed by atoms with E-state index in [-0.39, 0.29) is 0 Å². The number of nitrogens with one attached hydrogen (secondary N) is 1. The Labute approximate surface area is 133 Å². The van der Waals surface area contributed by atoms with Gasteiger partial charge in [0, 0.05) is 15.9 Å². The van der Waals surface area contributed by atoms with Gasteiger partial charge in [0.15, 0.2) is 0 Å². The lowest BCUT2D eigenvalue weighted by atomic mass is 10.0. The maximum absolute atomic E-state index is 5.21. The number of benzene rings is 1. The fraction of sp³-hybridized carbons (Fsp3) is 0.375. The fourth-order valence-electron chi connectivity index (χ4n) is 2.15. The Balaban J connectivity index is 2.12. The Bertz CT molecular complexity index is 524. The second kappa shape index (κ2) is 7.81. The molecule has 1 atom stereocenters. The van der Waals surface area contributed by atoms with Gasteiger partial charge < -0.3 is 10.1 Å². The monoisotopic (exact) mass is 353 g/mol. The van der Waals surface area contributed by atoms with E-state index in [0.717, 1.165) is 25.1 Å². The van der Waals surface area contributed by atoms with Crippen LogP contribution in [0.15, 0.2) is 39.5 Å². The predicted octanol–water partition coefficient (Wildman–Crippen LogP) is 4.80. The molecule has 108 valence electrons. The number of methoxy groups -OCH3 is 1. The molecule has 2 nitrogen and oxygen atoms in total. The molecule has 2 rings (SSSR count). The SMILES string of the molecule is CCCNC(Cc1ccc(OC)cc1)c1cscc1Br. The van der Waals surface area contributed by atoms with Crippen molar-refractivity contribution in [2.75, 3.05) is 13.7 Å². The molecule has 0 bridgehead atoms. The summed E-state index contributed by atoms with van der Waals surface area (Å²) in [6, 6.07) is 8.67. The minimum atomic E-state index is 0.351. The van der Waals surface area contributed by atoms with Crippen LogP contribution in [0.5, 0.6) is 5.75 Å². The zero-order valence-corrected chi connectivity index (χ0v) is 14.3. The topological polar surface area (TPSA) is 21.3 Å². The maximum Gasteiger partial charge on any atom is 0.118 e. The second-order valence-electron chi connectivity index (χ2n) is 4.73. The number of rotatable bonds is 7. The standard InChI is InChI=1S/C16H20BrNOS/c1-3-8-18-16(14-10-20-11-15(14)17)9-12-4-6-13(19-2)7-5-12/h4-7,10-11,16,18H,3,8-9H2,1-2H3. The van der Waals surface area contributed by atoms with Crippen molar-refractivity contribution in [3.05, 3.63) is 50.6 Å². The number of halogens is 1. The lowest BCUT2D eigenvalue weighted by molar-refractivity contribution is 0.414. The first kappa shape index (κ1) is 15.5. The van der Waals surface area contributed by atoms with E-state index in [4.69, 9.17) is 4.74 Å². The molecule has 20 heavy (non-hydrogen) atoms. The third kappa shape index (κ3) is 4.08. The lowest BCUT2D eigenvalue weighted by Gasteiger charge is -2.18. The van der Waals surface area contributed by atoms with Crippen molar-refractivity contribution in [3.8, 4) is 5.75 Å². The van der Waals surface area contributed by atoms with Gasteiger partial charge in [0.2, 0.25) is 0 Å². The fourth-order valence-corrected chi connectivity index (χ4v) is 3.78. The summed E-state index contributed by atoms with van der Waals surface area (Å²) in [7, 11) is 1.70. The Hall–Kier alpha value is -0.840. The molecule has 1 aromatic heterocycles. The van der Waals surface area contributed by atoms with Crippen molar-refractivity contribution in [3.63, 3.8) is 0 Å². The normalized spacial score (nSPS) is 12.3. The van der Waals surface area contributed by atoms with Crippen molar-refractivity contribution < 1.29 is 4.74 Å².